The van der Waals surface area contributed by atoms with E-state index in [1.807, 2.05) is 11.0 Å². The number of nitriles is 1. The number of aromatic hydroxyl groups is 1. The number of carbonyl (C=O) groups excluding carboxylic acids is 1. The minimum absolute atomic E-state index is 0.108. The zero-order valence-corrected chi connectivity index (χ0v) is 21.8. The number of piperidine rings is 1. The number of phenols is 1. The maximum Gasteiger partial charge on any atom is 0.272 e. The number of H-pyrrole nitrogens is 1. The summed E-state index contributed by atoms with van der Waals surface area (Å²) in [6.45, 7) is 4.79. The fraction of sp³-hybridized carbons (Fsp3) is 0.429. The Morgan fingerprint density at radius 2 is 2.02 bits per heavy atom. The zero-order chi connectivity index (χ0) is 27.6. The van der Waals surface area contributed by atoms with Crippen molar-refractivity contribution in [2.45, 2.75) is 18.9 Å². The fourth-order valence-corrected chi connectivity index (χ4v) is 5.62. The highest BCUT2D eigenvalue weighted by Crippen LogP contribution is 2.39. The van der Waals surface area contributed by atoms with Crippen molar-refractivity contribution in [2.75, 3.05) is 50.8 Å². The molecule has 11 nitrogen and oxygen atoms in total. The number of furan rings is 1. The predicted molar refractivity (Wildman–Crippen MR) is 141 cm³/mol. The van der Waals surface area contributed by atoms with E-state index >= 15 is 4.39 Å². The van der Waals surface area contributed by atoms with Crippen LogP contribution < -0.4 is 26.2 Å². The van der Waals surface area contributed by atoms with Gasteiger partial charge in [0.15, 0.2) is 17.1 Å². The van der Waals surface area contributed by atoms with Crippen LogP contribution in [0.15, 0.2) is 39.7 Å². The van der Waals surface area contributed by atoms with E-state index in [0.29, 0.717) is 61.2 Å². The van der Waals surface area contributed by atoms with E-state index in [-0.39, 0.29) is 28.4 Å². The molecule has 0 saturated carbocycles. The first-order valence-corrected chi connectivity index (χ1v) is 13.5. The summed E-state index contributed by atoms with van der Waals surface area (Å²) >= 11 is 0. The Labute approximate surface area is 229 Å². The molecule has 6 rings (SSSR count). The second-order valence-corrected chi connectivity index (χ2v) is 10.2. The lowest BCUT2D eigenvalue weighted by Crippen LogP contribution is -2.41. The summed E-state index contributed by atoms with van der Waals surface area (Å²) in [5, 5.41) is 34.0. The number of nitrogens with one attached hydrogen (secondary N) is 3. The molecule has 2 saturated heterocycles. The molecule has 1 aromatic carbocycles. The molecule has 0 radical (unpaired) electrons. The van der Waals surface area contributed by atoms with Gasteiger partial charge in [-0.05, 0) is 44.0 Å². The highest BCUT2D eigenvalue weighted by Gasteiger charge is 2.36. The first-order chi connectivity index (χ1) is 19.5. The number of morpholine rings is 1. The minimum atomic E-state index is -0.996. The van der Waals surface area contributed by atoms with Crippen molar-refractivity contribution < 1.29 is 23.4 Å². The number of anilines is 1. The van der Waals surface area contributed by atoms with Crippen LogP contribution in [0, 0.1) is 29.0 Å². The molecule has 2 aromatic heterocycles. The van der Waals surface area contributed by atoms with Gasteiger partial charge >= 0.3 is 0 Å². The normalized spacial score (nSPS) is 21.4. The summed E-state index contributed by atoms with van der Waals surface area (Å²) in [6, 6.07) is 8.65. The topological polar surface area (TPSA) is 152 Å². The van der Waals surface area contributed by atoms with E-state index in [1.54, 1.807) is 6.07 Å². The zero-order valence-electron chi connectivity index (χ0n) is 21.8. The van der Waals surface area contributed by atoms with Gasteiger partial charge < -0.3 is 29.8 Å². The summed E-state index contributed by atoms with van der Waals surface area (Å²) < 4.78 is 26.8. The van der Waals surface area contributed by atoms with Gasteiger partial charge in [-0.2, -0.15) is 10.4 Å². The van der Waals surface area contributed by atoms with E-state index < -0.39 is 17.8 Å². The molecule has 3 aliphatic heterocycles. The van der Waals surface area contributed by atoms with E-state index in [0.717, 1.165) is 32.0 Å². The fourth-order valence-electron chi connectivity index (χ4n) is 5.62. The van der Waals surface area contributed by atoms with Crippen molar-refractivity contribution in [3.63, 3.8) is 0 Å². The number of aromatic nitrogens is 2. The molecule has 5 heterocycles. The number of phenolic OH excluding ortho intramolecular Hbond substituents is 1. The molecule has 2 unspecified atom stereocenters. The van der Waals surface area contributed by atoms with E-state index in [2.05, 4.69) is 31.9 Å². The largest absolute Gasteiger partial charge is 0.508 e. The molecule has 3 aromatic rings. The van der Waals surface area contributed by atoms with Crippen LogP contribution in [-0.2, 0) is 4.74 Å². The summed E-state index contributed by atoms with van der Waals surface area (Å²) in [5.41, 5.74) is 0.913. The summed E-state index contributed by atoms with van der Waals surface area (Å²) in [7, 11) is 0. The van der Waals surface area contributed by atoms with Crippen LogP contribution >= 0.6 is 0 Å². The van der Waals surface area contributed by atoms with Gasteiger partial charge in [0.05, 0.1) is 24.5 Å². The quantitative estimate of drug-likeness (QED) is 0.359. The van der Waals surface area contributed by atoms with E-state index in [4.69, 9.17) is 9.15 Å². The Kier molecular flexibility index (Phi) is 7.23. The summed E-state index contributed by atoms with van der Waals surface area (Å²) in [4.78, 5) is 20.1. The van der Waals surface area contributed by atoms with Gasteiger partial charge in [-0.25, -0.2) is 4.39 Å². The minimum Gasteiger partial charge on any atom is -0.508 e. The molecule has 2 fully saturated rings. The summed E-state index contributed by atoms with van der Waals surface area (Å²) in [5.74, 6) is -0.946. The first kappa shape index (κ1) is 26.0. The number of halogens is 1. The Balaban J connectivity index is 1.45. The van der Waals surface area contributed by atoms with Gasteiger partial charge in [0.2, 0.25) is 0 Å². The van der Waals surface area contributed by atoms with Crippen molar-refractivity contribution >= 4 is 17.4 Å². The number of nitrogens with zero attached hydrogens (tertiary/aromatic N) is 4. The van der Waals surface area contributed by atoms with Crippen LogP contribution in [0.2, 0.25) is 0 Å². The molecule has 0 spiro atoms. The van der Waals surface area contributed by atoms with Gasteiger partial charge in [0.1, 0.15) is 29.3 Å². The predicted octanol–water partition coefficient (Wildman–Crippen LogP) is 1.13. The van der Waals surface area contributed by atoms with Gasteiger partial charge in [0, 0.05) is 42.9 Å². The number of aromatic amines is 1. The number of hydrogen-bond acceptors (Lipinski definition) is 9. The number of hydrogen-bond donors (Lipinski definition) is 4. The Morgan fingerprint density at radius 1 is 1.23 bits per heavy atom. The first-order valence-electron chi connectivity index (χ1n) is 13.5. The van der Waals surface area contributed by atoms with Crippen molar-refractivity contribution in [3.05, 3.63) is 63.9 Å². The van der Waals surface area contributed by atoms with Gasteiger partial charge in [0.25, 0.3) is 5.91 Å². The lowest BCUT2D eigenvalue weighted by atomic mass is 9.84. The van der Waals surface area contributed by atoms with Crippen LogP contribution in [0.3, 0.4) is 0 Å². The molecular formula is C28H30FN7O4. The molecular weight excluding hydrogens is 517 g/mol. The Morgan fingerprint density at radius 3 is 2.77 bits per heavy atom. The number of fused-ring (bicyclic) bond motifs is 1. The molecule has 40 heavy (non-hydrogen) atoms. The van der Waals surface area contributed by atoms with Gasteiger partial charge in [-0.15, -0.1) is 0 Å². The number of carbonyl (C=O) groups is 1. The van der Waals surface area contributed by atoms with Crippen molar-refractivity contribution in [1.29, 1.82) is 5.26 Å². The third-order valence-corrected chi connectivity index (χ3v) is 7.76. The number of benzene rings is 1. The standard InChI is InChI=1S/C28H30FN7O4/c29-20-13-17(37)1-2-18(20)25-19(14-30)23(21-3-4-22(40-21)36-9-11-39-12-10-36)24-26(34-35-27(24)33-25)28(38)32-15-16-5-7-31-8-6-16/h1-4,13,16,19,25,31,37H,5-12,15H2,(H,32,38)(H,33,35). The molecule has 1 amide bonds. The smallest absolute Gasteiger partial charge is 0.272 e. The average Bonchev–Trinajstić information content (AvgIpc) is 3.64. The lowest BCUT2D eigenvalue weighted by molar-refractivity contribution is 0.0938. The van der Waals surface area contributed by atoms with Crippen LogP contribution in [0.4, 0.5) is 10.3 Å². The number of amides is 1. The number of ether oxygens (including phenoxy) is 1. The summed E-state index contributed by atoms with van der Waals surface area (Å²) in [6.07, 6.45) is 1.94. The molecule has 12 heteroatoms. The Hall–Kier alpha value is -4.21. The molecule has 3 aliphatic rings. The molecule has 0 aliphatic carbocycles. The molecule has 208 valence electrons. The second kappa shape index (κ2) is 11.1. The van der Waals surface area contributed by atoms with Crippen LogP contribution in [-0.4, -0.2) is 67.1 Å². The maximum atomic E-state index is 15.0. The average molecular weight is 548 g/mol. The highest BCUT2D eigenvalue weighted by atomic mass is 19.1. The monoisotopic (exact) mass is 547 g/mol. The van der Waals surface area contributed by atoms with Crippen molar-refractivity contribution in [1.82, 2.24) is 20.8 Å². The van der Waals surface area contributed by atoms with E-state index in [9.17, 15) is 15.2 Å². The number of rotatable bonds is 6. The maximum absolute atomic E-state index is 15.0. The molecule has 4 N–H and O–H groups in total. The van der Waals surface area contributed by atoms with Crippen LogP contribution in [0.5, 0.6) is 5.75 Å². The second-order valence-electron chi connectivity index (χ2n) is 10.2. The van der Waals surface area contributed by atoms with Crippen LogP contribution in [0.1, 0.15) is 40.7 Å². The molecule has 0 bridgehead atoms. The highest BCUT2D eigenvalue weighted by molar-refractivity contribution is 5.93. The Bertz CT molecular complexity index is 1560. The van der Waals surface area contributed by atoms with Crippen LogP contribution in [0.25, 0.3) is 5.57 Å². The lowest BCUT2D eigenvalue weighted by Gasteiger charge is -2.26. The third-order valence-electron chi connectivity index (χ3n) is 7.76. The van der Waals surface area contributed by atoms with Gasteiger partial charge in [-0.1, -0.05) is 6.07 Å². The van der Waals surface area contributed by atoms with E-state index in [1.165, 1.54) is 12.1 Å². The van der Waals surface area contributed by atoms with Gasteiger partial charge in [-0.3, -0.25) is 14.9 Å². The molecule has 2 atom stereocenters. The van der Waals surface area contributed by atoms with Crippen molar-refractivity contribution in [2.24, 2.45) is 16.8 Å². The van der Waals surface area contributed by atoms with Crippen molar-refractivity contribution in [3.8, 4) is 11.8 Å². The third kappa shape index (κ3) is 4.94. The SMILES string of the molecule is N#CC1C(c2ccc(N3CCOCC3)o2)=c2c(C(=O)NCC3CCNCC3)n[nH]c2=NC1c1ccc(O)cc1F.